The molecule has 0 spiro atoms. The molecule has 1 saturated carbocycles. The fourth-order valence-electron chi connectivity index (χ4n) is 2.95. The Bertz CT molecular complexity index is 831. The molecular formula is C19H21ClN2O3. The third-order valence-corrected chi connectivity index (χ3v) is 4.70. The molecule has 6 heteroatoms. The molecule has 5 nitrogen and oxygen atoms in total. The second kappa shape index (κ2) is 7.00. The van der Waals surface area contributed by atoms with Gasteiger partial charge in [0.05, 0.1) is 17.5 Å². The van der Waals surface area contributed by atoms with E-state index in [9.17, 15) is 9.59 Å². The van der Waals surface area contributed by atoms with Gasteiger partial charge in [0.25, 0.3) is 5.91 Å². The van der Waals surface area contributed by atoms with E-state index in [2.05, 4.69) is 4.98 Å². The van der Waals surface area contributed by atoms with Gasteiger partial charge >= 0.3 is 5.97 Å². The second-order valence-corrected chi connectivity index (χ2v) is 7.20. The summed E-state index contributed by atoms with van der Waals surface area (Å²) in [5, 5.41) is 10.2. The smallest absolute Gasteiger partial charge is 0.305 e. The fraction of sp³-hybridized carbons (Fsp3) is 0.421. The van der Waals surface area contributed by atoms with Crippen molar-refractivity contribution in [1.29, 1.82) is 0 Å². The summed E-state index contributed by atoms with van der Waals surface area (Å²) < 4.78 is 0. The summed E-state index contributed by atoms with van der Waals surface area (Å²) in [6.45, 7) is 3.95. The van der Waals surface area contributed by atoms with Gasteiger partial charge in [-0.3, -0.25) is 14.6 Å². The van der Waals surface area contributed by atoms with Gasteiger partial charge in [0.1, 0.15) is 0 Å². The van der Waals surface area contributed by atoms with Crippen molar-refractivity contribution in [2.24, 2.45) is 0 Å². The molecule has 1 aliphatic carbocycles. The van der Waals surface area contributed by atoms with Crippen molar-refractivity contribution in [2.45, 2.75) is 45.1 Å². The number of rotatable bonds is 6. The number of carboxylic acid groups (broad SMARTS) is 1. The van der Waals surface area contributed by atoms with E-state index in [0.717, 1.165) is 24.1 Å². The van der Waals surface area contributed by atoms with Crippen LogP contribution in [0.2, 0.25) is 5.02 Å². The first-order valence-corrected chi connectivity index (χ1v) is 8.87. The minimum absolute atomic E-state index is 0.0802. The summed E-state index contributed by atoms with van der Waals surface area (Å²) in [4.78, 5) is 30.4. The van der Waals surface area contributed by atoms with E-state index in [1.165, 1.54) is 0 Å². The topological polar surface area (TPSA) is 70.5 Å². The third-order valence-electron chi connectivity index (χ3n) is 4.47. The normalized spacial score (nSPS) is 14.1. The second-order valence-electron chi connectivity index (χ2n) is 6.77. The molecule has 1 fully saturated rings. The van der Waals surface area contributed by atoms with E-state index in [1.807, 2.05) is 26.0 Å². The summed E-state index contributed by atoms with van der Waals surface area (Å²) in [7, 11) is 0. The van der Waals surface area contributed by atoms with Crippen LogP contribution < -0.4 is 0 Å². The molecule has 1 aromatic heterocycles. The maximum atomic E-state index is 13.2. The lowest BCUT2D eigenvalue weighted by molar-refractivity contribution is -0.137. The van der Waals surface area contributed by atoms with Crippen molar-refractivity contribution in [3.8, 4) is 0 Å². The Labute approximate surface area is 151 Å². The van der Waals surface area contributed by atoms with Gasteiger partial charge in [-0.25, -0.2) is 0 Å². The molecule has 0 saturated heterocycles. The van der Waals surface area contributed by atoms with Crippen molar-refractivity contribution >= 4 is 34.4 Å². The molecule has 0 bridgehead atoms. The Balaban J connectivity index is 2.06. The van der Waals surface area contributed by atoms with Gasteiger partial charge in [-0.2, -0.15) is 0 Å². The SMILES string of the molecule is CC(C)N(CCC(=O)O)C(=O)c1cc(C2CC2)nc2ccc(Cl)cc12. The zero-order chi connectivity index (χ0) is 18.1. The van der Waals surface area contributed by atoms with Crippen molar-refractivity contribution in [3.05, 3.63) is 40.5 Å². The Hall–Kier alpha value is -2.14. The van der Waals surface area contributed by atoms with Gasteiger partial charge in [-0.05, 0) is 51.0 Å². The molecule has 132 valence electrons. The van der Waals surface area contributed by atoms with Crippen molar-refractivity contribution < 1.29 is 14.7 Å². The van der Waals surface area contributed by atoms with E-state index in [1.54, 1.807) is 17.0 Å². The molecule has 1 amide bonds. The molecule has 3 rings (SSSR count). The molecule has 0 atom stereocenters. The molecule has 0 radical (unpaired) electrons. The molecule has 1 N–H and O–H groups in total. The predicted octanol–water partition coefficient (Wildman–Crippen LogP) is 4.09. The zero-order valence-corrected chi connectivity index (χ0v) is 15.1. The first-order valence-electron chi connectivity index (χ1n) is 8.49. The van der Waals surface area contributed by atoms with Crippen LogP contribution in [-0.2, 0) is 4.79 Å². The number of carbonyl (C=O) groups excluding carboxylic acids is 1. The highest BCUT2D eigenvalue weighted by Crippen LogP contribution is 2.40. The van der Waals surface area contributed by atoms with E-state index in [4.69, 9.17) is 16.7 Å². The molecule has 25 heavy (non-hydrogen) atoms. The number of benzene rings is 1. The number of hydrogen-bond donors (Lipinski definition) is 1. The summed E-state index contributed by atoms with van der Waals surface area (Å²) >= 11 is 6.12. The minimum Gasteiger partial charge on any atom is -0.481 e. The minimum atomic E-state index is -0.917. The van der Waals surface area contributed by atoms with Gasteiger partial charge in [-0.1, -0.05) is 11.6 Å². The Morgan fingerprint density at radius 2 is 2.04 bits per heavy atom. The molecular weight excluding hydrogens is 340 g/mol. The first kappa shape index (κ1) is 17.7. The highest BCUT2D eigenvalue weighted by Gasteiger charge is 2.28. The number of nitrogens with zero attached hydrogens (tertiary/aromatic N) is 2. The number of amides is 1. The van der Waals surface area contributed by atoms with Gasteiger partial charge in [0.15, 0.2) is 0 Å². The van der Waals surface area contributed by atoms with Crippen molar-refractivity contribution in [1.82, 2.24) is 9.88 Å². The Kier molecular flexibility index (Phi) is 4.95. The number of aliphatic carboxylic acids is 1. The lowest BCUT2D eigenvalue weighted by Crippen LogP contribution is -2.38. The van der Waals surface area contributed by atoms with Crippen LogP contribution in [0.1, 0.15) is 55.1 Å². The van der Waals surface area contributed by atoms with Crippen LogP contribution in [0.3, 0.4) is 0 Å². The predicted molar refractivity (Wildman–Crippen MR) is 97.2 cm³/mol. The molecule has 2 aromatic rings. The lowest BCUT2D eigenvalue weighted by atomic mass is 10.0. The van der Waals surface area contributed by atoms with Gasteiger partial charge < -0.3 is 10.0 Å². The van der Waals surface area contributed by atoms with Crippen LogP contribution >= 0.6 is 11.6 Å². The maximum Gasteiger partial charge on any atom is 0.305 e. The number of halogens is 1. The number of carboxylic acids is 1. The summed E-state index contributed by atoms with van der Waals surface area (Å²) in [6.07, 6.45) is 2.10. The summed E-state index contributed by atoms with van der Waals surface area (Å²) in [5.41, 5.74) is 2.23. The zero-order valence-electron chi connectivity index (χ0n) is 14.3. The van der Waals surface area contributed by atoms with Crippen LogP contribution in [0.25, 0.3) is 10.9 Å². The fourth-order valence-corrected chi connectivity index (χ4v) is 3.12. The Morgan fingerprint density at radius 3 is 2.64 bits per heavy atom. The van der Waals surface area contributed by atoms with Crippen molar-refractivity contribution in [3.63, 3.8) is 0 Å². The standard InChI is InChI=1S/C19H21ClN2O3/c1-11(2)22(8-7-18(23)24)19(25)15-10-17(12-3-4-12)21-16-6-5-13(20)9-14(15)16/h5-6,9-12H,3-4,7-8H2,1-2H3,(H,23,24). The molecule has 0 unspecified atom stereocenters. The van der Waals surface area contributed by atoms with Gasteiger partial charge in [0.2, 0.25) is 0 Å². The lowest BCUT2D eigenvalue weighted by Gasteiger charge is -2.27. The monoisotopic (exact) mass is 360 g/mol. The average molecular weight is 361 g/mol. The van der Waals surface area contributed by atoms with Crippen molar-refractivity contribution in [2.75, 3.05) is 6.54 Å². The van der Waals surface area contributed by atoms with Crippen LogP contribution in [0, 0.1) is 0 Å². The maximum absolute atomic E-state index is 13.2. The largest absolute Gasteiger partial charge is 0.481 e. The molecule has 1 aliphatic rings. The van der Waals surface area contributed by atoms with Crippen LogP contribution in [-0.4, -0.2) is 39.5 Å². The van der Waals surface area contributed by atoms with E-state index < -0.39 is 5.97 Å². The highest BCUT2D eigenvalue weighted by molar-refractivity contribution is 6.31. The van der Waals surface area contributed by atoms with Crippen LogP contribution in [0.4, 0.5) is 0 Å². The number of aromatic nitrogens is 1. The summed E-state index contributed by atoms with van der Waals surface area (Å²) in [6, 6.07) is 7.11. The molecule has 1 heterocycles. The number of hydrogen-bond acceptors (Lipinski definition) is 3. The number of carbonyl (C=O) groups is 2. The number of pyridine rings is 1. The first-order chi connectivity index (χ1) is 11.9. The van der Waals surface area contributed by atoms with E-state index in [0.29, 0.717) is 21.9 Å². The number of fused-ring (bicyclic) bond motifs is 1. The highest BCUT2D eigenvalue weighted by atomic mass is 35.5. The average Bonchev–Trinajstić information content (AvgIpc) is 3.38. The van der Waals surface area contributed by atoms with Gasteiger partial charge in [-0.15, -0.1) is 0 Å². The van der Waals surface area contributed by atoms with Gasteiger partial charge in [0, 0.05) is 34.6 Å². The Morgan fingerprint density at radius 1 is 1.32 bits per heavy atom. The summed E-state index contributed by atoms with van der Waals surface area (Å²) in [5.74, 6) is -0.675. The molecule has 1 aromatic carbocycles. The molecule has 0 aliphatic heterocycles. The van der Waals surface area contributed by atoms with E-state index >= 15 is 0 Å². The van der Waals surface area contributed by atoms with Crippen LogP contribution in [0.15, 0.2) is 24.3 Å². The quantitative estimate of drug-likeness (QED) is 0.842. The van der Waals surface area contributed by atoms with E-state index in [-0.39, 0.29) is 24.9 Å². The van der Waals surface area contributed by atoms with Crippen LogP contribution in [0.5, 0.6) is 0 Å². The third kappa shape index (κ3) is 3.93.